The largest absolute Gasteiger partial charge is 0.508 e. The van der Waals surface area contributed by atoms with Gasteiger partial charge in [0.2, 0.25) is 5.91 Å². The van der Waals surface area contributed by atoms with Crippen LogP contribution in [0, 0.1) is 11.3 Å². The Morgan fingerprint density at radius 3 is 2.62 bits per heavy atom. The van der Waals surface area contributed by atoms with Crippen LogP contribution in [0.1, 0.15) is 38.2 Å². The molecule has 1 spiro atoms. The van der Waals surface area contributed by atoms with Gasteiger partial charge in [-0.25, -0.2) is 0 Å². The number of piperidine rings is 2. The first-order chi connectivity index (χ1) is 13.9. The van der Waals surface area contributed by atoms with Gasteiger partial charge >= 0.3 is 0 Å². The minimum absolute atomic E-state index is 0.164. The zero-order valence-corrected chi connectivity index (χ0v) is 17.4. The lowest BCUT2D eigenvalue weighted by molar-refractivity contribution is -0.132. The molecule has 6 nitrogen and oxygen atoms in total. The van der Waals surface area contributed by atoms with Crippen molar-refractivity contribution < 1.29 is 19.7 Å². The molecular weight excluding hydrogens is 368 g/mol. The zero-order chi connectivity index (χ0) is 20.4. The Labute approximate surface area is 173 Å². The van der Waals surface area contributed by atoms with E-state index in [0.29, 0.717) is 12.3 Å². The highest BCUT2D eigenvalue weighted by Gasteiger charge is 2.43. The monoisotopic (exact) mass is 402 g/mol. The van der Waals surface area contributed by atoms with Crippen molar-refractivity contribution >= 4 is 5.91 Å². The maximum absolute atomic E-state index is 12.6. The number of carbonyl (C=O) groups is 1. The van der Waals surface area contributed by atoms with Crippen molar-refractivity contribution in [1.29, 1.82) is 0 Å². The number of β-amino-alcohol motifs (C(OH)–C–C–N with tert-alkyl or cyclic N) is 1. The molecule has 0 unspecified atom stereocenters. The Morgan fingerprint density at radius 2 is 1.93 bits per heavy atom. The van der Waals surface area contributed by atoms with Gasteiger partial charge in [0.15, 0.2) is 0 Å². The number of ether oxygens (including phenoxy) is 1. The SMILES string of the molecule is C[C@@H]1CCN(C[C@H]2CC3(CCN(C(=O)Cc4ccc(O)cc4)CC3)CO2)C[C@H]1O. The maximum atomic E-state index is 12.6. The van der Waals surface area contributed by atoms with Crippen molar-refractivity contribution in [3.8, 4) is 5.75 Å². The molecule has 0 saturated carbocycles. The number of aliphatic hydroxyl groups is 1. The van der Waals surface area contributed by atoms with E-state index in [4.69, 9.17) is 4.74 Å². The average molecular weight is 403 g/mol. The van der Waals surface area contributed by atoms with Crippen molar-refractivity contribution in [2.24, 2.45) is 11.3 Å². The highest BCUT2D eigenvalue weighted by molar-refractivity contribution is 5.78. The van der Waals surface area contributed by atoms with Crippen LogP contribution in [-0.2, 0) is 16.0 Å². The van der Waals surface area contributed by atoms with Crippen molar-refractivity contribution in [2.75, 3.05) is 39.3 Å². The predicted octanol–water partition coefficient (Wildman–Crippen LogP) is 2.04. The molecule has 0 aliphatic carbocycles. The Bertz CT molecular complexity index is 699. The fraction of sp³-hybridized carbons (Fsp3) is 0.696. The molecule has 1 aromatic carbocycles. The van der Waals surface area contributed by atoms with Crippen molar-refractivity contribution in [3.63, 3.8) is 0 Å². The van der Waals surface area contributed by atoms with E-state index in [0.717, 1.165) is 70.6 Å². The van der Waals surface area contributed by atoms with Gasteiger partial charge in [0.05, 0.1) is 25.2 Å². The van der Waals surface area contributed by atoms with Gasteiger partial charge in [-0.15, -0.1) is 0 Å². The first kappa shape index (κ1) is 20.6. The van der Waals surface area contributed by atoms with E-state index in [-0.39, 0.29) is 29.3 Å². The minimum Gasteiger partial charge on any atom is -0.508 e. The smallest absolute Gasteiger partial charge is 0.226 e. The molecule has 6 heteroatoms. The molecule has 2 N–H and O–H groups in total. The van der Waals surface area contributed by atoms with Crippen LogP contribution in [0.3, 0.4) is 0 Å². The van der Waals surface area contributed by atoms with Crippen LogP contribution in [0.5, 0.6) is 5.75 Å². The van der Waals surface area contributed by atoms with E-state index in [1.54, 1.807) is 12.1 Å². The first-order valence-corrected chi connectivity index (χ1v) is 11.0. The summed E-state index contributed by atoms with van der Waals surface area (Å²) in [6.45, 7) is 7.23. The molecule has 3 aliphatic heterocycles. The summed E-state index contributed by atoms with van der Waals surface area (Å²) >= 11 is 0. The fourth-order valence-corrected chi connectivity index (χ4v) is 5.06. The van der Waals surface area contributed by atoms with Crippen molar-refractivity contribution in [3.05, 3.63) is 29.8 Å². The summed E-state index contributed by atoms with van der Waals surface area (Å²) in [4.78, 5) is 17.0. The van der Waals surface area contributed by atoms with E-state index in [1.807, 2.05) is 17.0 Å². The highest BCUT2D eigenvalue weighted by Crippen LogP contribution is 2.42. The van der Waals surface area contributed by atoms with Gasteiger partial charge in [0.25, 0.3) is 0 Å². The summed E-state index contributed by atoms with van der Waals surface area (Å²) in [7, 11) is 0. The molecule has 3 heterocycles. The minimum atomic E-state index is -0.220. The van der Waals surface area contributed by atoms with Crippen LogP contribution in [0.4, 0.5) is 0 Å². The number of hydrogen-bond acceptors (Lipinski definition) is 5. The number of likely N-dealkylation sites (tertiary alicyclic amines) is 2. The summed E-state index contributed by atoms with van der Waals surface area (Å²) in [5, 5.41) is 19.5. The summed E-state index contributed by atoms with van der Waals surface area (Å²) in [6.07, 6.45) is 4.54. The summed E-state index contributed by atoms with van der Waals surface area (Å²) < 4.78 is 6.16. The van der Waals surface area contributed by atoms with Gasteiger partial charge in [0, 0.05) is 26.2 Å². The van der Waals surface area contributed by atoms with Gasteiger partial charge in [-0.05, 0) is 61.3 Å². The Balaban J connectivity index is 1.24. The van der Waals surface area contributed by atoms with Gasteiger partial charge in [-0.2, -0.15) is 0 Å². The molecule has 3 atom stereocenters. The van der Waals surface area contributed by atoms with E-state index < -0.39 is 0 Å². The number of phenols is 1. The zero-order valence-electron chi connectivity index (χ0n) is 17.4. The second-order valence-electron chi connectivity index (χ2n) is 9.45. The molecule has 0 bridgehead atoms. The normalized spacial score (nSPS) is 30.0. The summed E-state index contributed by atoms with van der Waals surface area (Å²) in [6, 6.07) is 6.89. The van der Waals surface area contributed by atoms with Crippen LogP contribution in [0.2, 0.25) is 0 Å². The number of amides is 1. The van der Waals surface area contributed by atoms with Gasteiger partial charge < -0.3 is 19.8 Å². The van der Waals surface area contributed by atoms with Gasteiger partial charge in [-0.1, -0.05) is 19.1 Å². The van der Waals surface area contributed by atoms with Crippen LogP contribution in [-0.4, -0.2) is 77.5 Å². The number of aliphatic hydroxyl groups excluding tert-OH is 1. The number of hydrogen-bond donors (Lipinski definition) is 2. The van der Waals surface area contributed by atoms with Crippen molar-refractivity contribution in [1.82, 2.24) is 9.80 Å². The van der Waals surface area contributed by atoms with Crippen LogP contribution >= 0.6 is 0 Å². The second-order valence-corrected chi connectivity index (χ2v) is 9.45. The third-order valence-electron chi connectivity index (χ3n) is 7.22. The van der Waals surface area contributed by atoms with Crippen LogP contribution in [0.25, 0.3) is 0 Å². The third kappa shape index (κ3) is 4.93. The lowest BCUT2D eigenvalue weighted by Crippen LogP contribution is -2.46. The molecule has 3 aliphatic rings. The molecule has 160 valence electrons. The molecule has 0 aromatic heterocycles. The summed E-state index contributed by atoms with van der Waals surface area (Å²) in [5.74, 6) is 0.786. The average Bonchev–Trinajstić information content (AvgIpc) is 3.09. The number of benzene rings is 1. The molecular formula is C23H34N2O4. The molecule has 3 saturated heterocycles. The van der Waals surface area contributed by atoms with Gasteiger partial charge in [0.1, 0.15) is 5.75 Å². The Morgan fingerprint density at radius 1 is 1.21 bits per heavy atom. The second kappa shape index (κ2) is 8.62. The molecule has 29 heavy (non-hydrogen) atoms. The Kier molecular flexibility index (Phi) is 6.13. The van der Waals surface area contributed by atoms with E-state index in [9.17, 15) is 15.0 Å². The number of phenolic OH excluding ortho intramolecular Hbond substituents is 1. The van der Waals surface area contributed by atoms with Gasteiger partial charge in [-0.3, -0.25) is 9.69 Å². The van der Waals surface area contributed by atoms with Crippen LogP contribution in [0.15, 0.2) is 24.3 Å². The lowest BCUT2D eigenvalue weighted by atomic mass is 9.76. The predicted molar refractivity (Wildman–Crippen MR) is 111 cm³/mol. The molecule has 1 aromatic rings. The first-order valence-electron chi connectivity index (χ1n) is 11.0. The number of carbonyl (C=O) groups excluding carboxylic acids is 1. The standard InChI is InChI=1S/C23H34N2O4/c1-17-6-9-24(15-21(17)27)14-20-13-23(16-29-20)7-10-25(11-8-23)22(28)12-18-2-4-19(26)5-3-18/h2-5,17,20-21,26-27H,6-16H2,1H3/t17-,20-,21-/m1/s1. The van der Waals surface area contributed by atoms with Crippen molar-refractivity contribution in [2.45, 2.75) is 51.2 Å². The molecule has 4 rings (SSSR count). The topological polar surface area (TPSA) is 73.2 Å². The number of nitrogens with zero attached hydrogens (tertiary/aromatic N) is 2. The van der Waals surface area contributed by atoms with E-state index in [1.165, 1.54) is 0 Å². The molecule has 0 radical (unpaired) electrons. The highest BCUT2D eigenvalue weighted by atomic mass is 16.5. The van der Waals surface area contributed by atoms with Crippen LogP contribution < -0.4 is 0 Å². The summed E-state index contributed by atoms with van der Waals surface area (Å²) in [5.41, 5.74) is 1.15. The molecule has 1 amide bonds. The lowest BCUT2D eigenvalue weighted by Gasteiger charge is -2.39. The molecule has 3 fully saturated rings. The third-order valence-corrected chi connectivity index (χ3v) is 7.22. The number of rotatable bonds is 4. The van der Waals surface area contributed by atoms with E-state index in [2.05, 4.69) is 11.8 Å². The quantitative estimate of drug-likeness (QED) is 0.806. The van der Waals surface area contributed by atoms with E-state index >= 15 is 0 Å². The fourth-order valence-electron chi connectivity index (χ4n) is 5.06. The number of aromatic hydroxyl groups is 1. The maximum Gasteiger partial charge on any atom is 0.226 e. The Hall–Kier alpha value is -1.63.